The molecule has 0 saturated carbocycles. The van der Waals surface area contributed by atoms with Crippen LogP contribution in [-0.4, -0.2) is 38.1 Å². The topological polar surface area (TPSA) is 57.8 Å². The average molecular weight is 307 g/mol. The molecule has 1 aliphatic heterocycles. The van der Waals surface area contributed by atoms with Gasteiger partial charge in [0.1, 0.15) is 0 Å². The quantitative estimate of drug-likeness (QED) is 0.939. The molecule has 0 aliphatic carbocycles. The first-order chi connectivity index (χ1) is 10.1. The van der Waals surface area contributed by atoms with Crippen LogP contribution in [0.1, 0.15) is 37.6 Å². The van der Waals surface area contributed by atoms with Crippen molar-refractivity contribution in [3.05, 3.63) is 33.2 Å². The van der Waals surface area contributed by atoms with Crippen LogP contribution in [0, 0.1) is 6.92 Å². The maximum Gasteiger partial charge on any atom is 0.259 e. The van der Waals surface area contributed by atoms with Crippen LogP contribution in [0.3, 0.4) is 0 Å². The zero-order valence-electron chi connectivity index (χ0n) is 12.5. The number of rotatable bonds is 3. The van der Waals surface area contributed by atoms with Crippen molar-refractivity contribution in [1.82, 2.24) is 14.3 Å². The molecule has 6 heteroatoms. The van der Waals surface area contributed by atoms with Gasteiger partial charge in [0, 0.05) is 29.7 Å². The molecular formula is C15H21N3O2S. The highest BCUT2D eigenvalue weighted by Gasteiger charge is 2.26. The van der Waals surface area contributed by atoms with Gasteiger partial charge in [-0.15, -0.1) is 11.3 Å². The number of likely N-dealkylation sites (tertiary alicyclic amines) is 1. The summed E-state index contributed by atoms with van der Waals surface area (Å²) >= 11 is 1.50. The SMILES string of the molecule is Cc1csc2nc(CN3CCCCC3C(C)O)cc(=O)n12. The third kappa shape index (κ3) is 2.88. The molecule has 0 spiro atoms. The molecule has 2 unspecified atom stereocenters. The van der Waals surface area contributed by atoms with Gasteiger partial charge in [-0.25, -0.2) is 4.98 Å². The Hall–Kier alpha value is -1.24. The molecule has 1 N–H and O–H groups in total. The summed E-state index contributed by atoms with van der Waals surface area (Å²) in [6.07, 6.45) is 2.96. The summed E-state index contributed by atoms with van der Waals surface area (Å²) in [5.74, 6) is 0. The number of fused-ring (bicyclic) bond motifs is 1. The van der Waals surface area contributed by atoms with E-state index in [9.17, 15) is 9.90 Å². The van der Waals surface area contributed by atoms with Crippen molar-refractivity contribution in [2.45, 2.75) is 51.8 Å². The smallest absolute Gasteiger partial charge is 0.259 e. The lowest BCUT2D eigenvalue weighted by molar-refractivity contribution is 0.0310. The average Bonchev–Trinajstić information content (AvgIpc) is 2.81. The molecule has 1 fully saturated rings. The fourth-order valence-corrected chi connectivity index (χ4v) is 4.04. The van der Waals surface area contributed by atoms with E-state index in [1.165, 1.54) is 11.3 Å². The highest BCUT2D eigenvalue weighted by molar-refractivity contribution is 7.15. The first-order valence-corrected chi connectivity index (χ1v) is 8.33. The van der Waals surface area contributed by atoms with Crippen LogP contribution in [0.5, 0.6) is 0 Å². The number of aromatic nitrogens is 2. The minimum absolute atomic E-state index is 0.0145. The number of aliphatic hydroxyl groups is 1. The molecule has 2 aromatic heterocycles. The van der Waals surface area contributed by atoms with E-state index >= 15 is 0 Å². The van der Waals surface area contributed by atoms with Gasteiger partial charge in [-0.05, 0) is 33.2 Å². The second-order valence-electron chi connectivity index (χ2n) is 5.85. The van der Waals surface area contributed by atoms with Crippen LogP contribution in [0.25, 0.3) is 4.96 Å². The summed E-state index contributed by atoms with van der Waals surface area (Å²) in [5, 5.41) is 11.9. The third-order valence-corrected chi connectivity index (χ3v) is 5.16. The number of aryl methyl sites for hydroxylation is 1. The van der Waals surface area contributed by atoms with E-state index in [0.717, 1.165) is 42.2 Å². The third-order valence-electron chi connectivity index (χ3n) is 4.21. The van der Waals surface area contributed by atoms with Crippen molar-refractivity contribution in [1.29, 1.82) is 0 Å². The molecule has 3 rings (SSSR count). The van der Waals surface area contributed by atoms with Crippen LogP contribution >= 0.6 is 11.3 Å². The lowest BCUT2D eigenvalue weighted by Crippen LogP contribution is -2.45. The molecule has 21 heavy (non-hydrogen) atoms. The van der Waals surface area contributed by atoms with Gasteiger partial charge in [0.15, 0.2) is 4.96 Å². The molecule has 3 heterocycles. The Bertz CT molecular complexity index is 692. The monoisotopic (exact) mass is 307 g/mol. The molecule has 114 valence electrons. The fraction of sp³-hybridized carbons (Fsp3) is 0.600. The first kappa shape index (κ1) is 14.7. The number of nitrogens with zero attached hydrogens (tertiary/aromatic N) is 3. The summed E-state index contributed by atoms with van der Waals surface area (Å²) in [5.41, 5.74) is 1.72. The van der Waals surface area contributed by atoms with Crippen molar-refractivity contribution in [3.8, 4) is 0 Å². The molecular weight excluding hydrogens is 286 g/mol. The van der Waals surface area contributed by atoms with Gasteiger partial charge in [0.2, 0.25) is 0 Å². The summed E-state index contributed by atoms with van der Waals surface area (Å²) in [6.45, 7) is 5.36. The van der Waals surface area contributed by atoms with Gasteiger partial charge < -0.3 is 5.11 Å². The molecule has 2 aromatic rings. The van der Waals surface area contributed by atoms with Gasteiger partial charge >= 0.3 is 0 Å². The first-order valence-electron chi connectivity index (χ1n) is 7.45. The minimum atomic E-state index is -0.348. The lowest BCUT2D eigenvalue weighted by Gasteiger charge is -2.37. The van der Waals surface area contributed by atoms with Crippen molar-refractivity contribution >= 4 is 16.3 Å². The minimum Gasteiger partial charge on any atom is -0.392 e. The highest BCUT2D eigenvalue weighted by atomic mass is 32.1. The van der Waals surface area contributed by atoms with E-state index in [-0.39, 0.29) is 17.7 Å². The van der Waals surface area contributed by atoms with Crippen LogP contribution in [0.4, 0.5) is 0 Å². The van der Waals surface area contributed by atoms with Crippen molar-refractivity contribution < 1.29 is 5.11 Å². The fourth-order valence-electron chi connectivity index (χ4n) is 3.15. The largest absolute Gasteiger partial charge is 0.392 e. The molecule has 5 nitrogen and oxygen atoms in total. The Labute approximate surface area is 127 Å². The van der Waals surface area contributed by atoms with Crippen LogP contribution < -0.4 is 5.56 Å². The molecule has 0 radical (unpaired) electrons. The highest BCUT2D eigenvalue weighted by Crippen LogP contribution is 2.22. The van der Waals surface area contributed by atoms with Gasteiger partial charge in [0.25, 0.3) is 5.56 Å². The Balaban J connectivity index is 1.88. The van der Waals surface area contributed by atoms with Gasteiger partial charge in [0.05, 0.1) is 11.8 Å². The number of aliphatic hydroxyl groups excluding tert-OH is 1. The van der Waals surface area contributed by atoms with E-state index < -0.39 is 0 Å². The predicted molar refractivity (Wildman–Crippen MR) is 83.8 cm³/mol. The van der Waals surface area contributed by atoms with Crippen LogP contribution in [-0.2, 0) is 6.54 Å². The Morgan fingerprint density at radius 2 is 2.33 bits per heavy atom. The molecule has 0 bridgehead atoms. The van der Waals surface area contributed by atoms with Crippen LogP contribution in [0.2, 0.25) is 0 Å². The van der Waals surface area contributed by atoms with E-state index in [1.54, 1.807) is 10.5 Å². The second-order valence-corrected chi connectivity index (χ2v) is 6.69. The van der Waals surface area contributed by atoms with Crippen LogP contribution in [0.15, 0.2) is 16.2 Å². The zero-order valence-corrected chi connectivity index (χ0v) is 13.3. The molecule has 0 amide bonds. The standard InChI is InChI=1S/C15H21N3O2S/c1-10-9-21-15-16-12(7-14(20)18(10)15)8-17-6-4-3-5-13(17)11(2)19/h7,9,11,13,19H,3-6,8H2,1-2H3. The number of hydrogen-bond acceptors (Lipinski definition) is 5. The molecule has 2 atom stereocenters. The molecule has 0 aromatic carbocycles. The van der Waals surface area contributed by atoms with Crippen molar-refractivity contribution in [3.63, 3.8) is 0 Å². The Kier molecular flexibility index (Phi) is 4.10. The van der Waals surface area contributed by atoms with Crippen molar-refractivity contribution in [2.75, 3.05) is 6.54 Å². The lowest BCUT2D eigenvalue weighted by atomic mass is 9.98. The van der Waals surface area contributed by atoms with Gasteiger partial charge in [-0.3, -0.25) is 14.1 Å². The maximum absolute atomic E-state index is 12.2. The number of hydrogen-bond donors (Lipinski definition) is 1. The normalized spacial score (nSPS) is 21.8. The molecule has 1 saturated heterocycles. The van der Waals surface area contributed by atoms with E-state index in [1.807, 2.05) is 19.2 Å². The number of thiazole rings is 1. The Morgan fingerprint density at radius 1 is 1.52 bits per heavy atom. The summed E-state index contributed by atoms with van der Waals surface area (Å²) in [6, 6.07) is 1.80. The predicted octanol–water partition coefficient (Wildman–Crippen LogP) is 1.80. The zero-order chi connectivity index (χ0) is 15.0. The summed E-state index contributed by atoms with van der Waals surface area (Å²) in [4.78, 5) is 19.8. The maximum atomic E-state index is 12.2. The van der Waals surface area contributed by atoms with E-state index in [0.29, 0.717) is 6.54 Å². The summed E-state index contributed by atoms with van der Waals surface area (Å²) in [7, 11) is 0. The second kappa shape index (κ2) is 5.87. The van der Waals surface area contributed by atoms with Gasteiger partial charge in [-0.1, -0.05) is 6.42 Å². The van der Waals surface area contributed by atoms with E-state index in [4.69, 9.17) is 0 Å². The number of piperidine rings is 1. The molecule has 1 aliphatic rings. The summed E-state index contributed by atoms with van der Waals surface area (Å²) < 4.78 is 1.65. The van der Waals surface area contributed by atoms with Crippen molar-refractivity contribution in [2.24, 2.45) is 0 Å². The van der Waals surface area contributed by atoms with E-state index in [2.05, 4.69) is 9.88 Å². The Morgan fingerprint density at radius 3 is 3.10 bits per heavy atom. The van der Waals surface area contributed by atoms with Gasteiger partial charge in [-0.2, -0.15) is 0 Å².